The molecule has 2 aromatic rings. The zero-order valence-electron chi connectivity index (χ0n) is 11.0. The summed E-state index contributed by atoms with van der Waals surface area (Å²) < 4.78 is 18.8. The number of aryl methyl sites for hydroxylation is 1. The predicted molar refractivity (Wildman–Crippen MR) is 74.8 cm³/mol. The number of carbonyl (C=O) groups excluding carboxylic acids is 1. The lowest BCUT2D eigenvalue weighted by Crippen LogP contribution is -2.12. The van der Waals surface area contributed by atoms with Crippen molar-refractivity contribution in [3.8, 4) is 5.75 Å². The molecule has 2 rings (SSSR count). The number of rotatable bonds is 4. The van der Waals surface area contributed by atoms with Gasteiger partial charge in [0.25, 0.3) is 0 Å². The number of carbonyl (C=O) groups is 1. The maximum Gasteiger partial charge on any atom is 0.248 e. The van der Waals surface area contributed by atoms with Crippen LogP contribution in [0, 0.1) is 12.7 Å². The minimum Gasteiger partial charge on any atom is -0.489 e. The second-order valence-electron chi connectivity index (χ2n) is 4.48. The van der Waals surface area contributed by atoms with Crippen molar-refractivity contribution in [1.82, 2.24) is 0 Å². The molecule has 0 aromatic heterocycles. The normalized spacial score (nSPS) is 10.3. The highest BCUT2D eigenvalue weighted by Gasteiger charge is 2.06. The summed E-state index contributed by atoms with van der Waals surface area (Å²) in [6.07, 6.45) is 0. The topological polar surface area (TPSA) is 78.3 Å². The average molecular weight is 274 g/mol. The molecule has 0 fully saturated rings. The van der Waals surface area contributed by atoms with Gasteiger partial charge < -0.3 is 16.2 Å². The van der Waals surface area contributed by atoms with Crippen molar-refractivity contribution in [2.75, 3.05) is 5.73 Å². The first-order valence-corrected chi connectivity index (χ1v) is 6.04. The fraction of sp³-hybridized carbons (Fsp3) is 0.133. The van der Waals surface area contributed by atoms with Crippen LogP contribution in [-0.2, 0) is 6.61 Å². The quantitative estimate of drug-likeness (QED) is 0.840. The number of hydrogen-bond donors (Lipinski definition) is 2. The Bertz CT molecular complexity index is 656. The van der Waals surface area contributed by atoms with Crippen LogP contribution < -0.4 is 16.2 Å². The second kappa shape index (κ2) is 5.61. The number of nitrogen functional groups attached to an aromatic ring is 1. The molecule has 5 heteroatoms. The maximum atomic E-state index is 13.4. The van der Waals surface area contributed by atoms with Gasteiger partial charge >= 0.3 is 0 Å². The molecule has 4 N–H and O–H groups in total. The Balaban J connectivity index is 2.10. The van der Waals surface area contributed by atoms with E-state index in [2.05, 4.69) is 0 Å². The molecule has 0 saturated heterocycles. The van der Waals surface area contributed by atoms with E-state index in [-0.39, 0.29) is 12.4 Å². The molecule has 104 valence electrons. The van der Waals surface area contributed by atoms with Crippen LogP contribution >= 0.6 is 0 Å². The van der Waals surface area contributed by atoms with Crippen LogP contribution in [0.1, 0.15) is 21.5 Å². The van der Waals surface area contributed by atoms with Crippen molar-refractivity contribution in [1.29, 1.82) is 0 Å². The monoisotopic (exact) mass is 274 g/mol. The molecule has 1 amide bonds. The highest BCUT2D eigenvalue weighted by Crippen LogP contribution is 2.20. The Hall–Kier alpha value is -2.56. The molecule has 2 aromatic carbocycles. The molecule has 0 aliphatic carbocycles. The first-order valence-electron chi connectivity index (χ1n) is 6.04. The SMILES string of the molecule is Cc1ccc(OCc2ccc(C(N)=O)cc2N)cc1F. The van der Waals surface area contributed by atoms with Crippen LogP contribution in [0.25, 0.3) is 0 Å². The third-order valence-corrected chi connectivity index (χ3v) is 2.97. The van der Waals surface area contributed by atoms with Gasteiger partial charge in [0.15, 0.2) is 0 Å². The first-order chi connectivity index (χ1) is 9.47. The highest BCUT2D eigenvalue weighted by atomic mass is 19.1. The van der Waals surface area contributed by atoms with Gasteiger partial charge in [-0.1, -0.05) is 12.1 Å². The molecule has 0 aliphatic heterocycles. The fourth-order valence-electron chi connectivity index (χ4n) is 1.70. The largest absolute Gasteiger partial charge is 0.489 e. The average Bonchev–Trinajstić information content (AvgIpc) is 2.41. The van der Waals surface area contributed by atoms with E-state index in [0.29, 0.717) is 28.1 Å². The summed E-state index contributed by atoms with van der Waals surface area (Å²) in [7, 11) is 0. The standard InChI is InChI=1S/C15H15FN2O2/c1-9-2-5-12(7-13(9)16)20-8-11-4-3-10(15(18)19)6-14(11)17/h2-7H,8,17H2,1H3,(H2,18,19). The number of amides is 1. The van der Waals surface area contributed by atoms with Crippen molar-refractivity contribution >= 4 is 11.6 Å². The van der Waals surface area contributed by atoms with Gasteiger partial charge in [-0.3, -0.25) is 4.79 Å². The van der Waals surface area contributed by atoms with Gasteiger partial charge in [0.05, 0.1) is 0 Å². The molecular weight excluding hydrogens is 259 g/mol. The van der Waals surface area contributed by atoms with E-state index in [1.807, 2.05) is 0 Å². The minimum atomic E-state index is -0.537. The third kappa shape index (κ3) is 3.06. The fourth-order valence-corrected chi connectivity index (χ4v) is 1.70. The number of halogens is 1. The molecule has 0 spiro atoms. The summed E-state index contributed by atoms with van der Waals surface area (Å²) in [5.41, 5.74) is 13.0. The predicted octanol–water partition coefficient (Wildman–Crippen LogP) is 2.39. The lowest BCUT2D eigenvalue weighted by Gasteiger charge is -2.10. The van der Waals surface area contributed by atoms with Crippen LogP contribution in [0.15, 0.2) is 36.4 Å². The van der Waals surface area contributed by atoms with Crippen LogP contribution in [-0.4, -0.2) is 5.91 Å². The van der Waals surface area contributed by atoms with Crippen LogP contribution in [0.2, 0.25) is 0 Å². The summed E-state index contributed by atoms with van der Waals surface area (Å²) in [6.45, 7) is 1.87. The Morgan fingerprint density at radius 1 is 1.25 bits per heavy atom. The molecular formula is C15H15FN2O2. The third-order valence-electron chi connectivity index (χ3n) is 2.97. The van der Waals surface area contributed by atoms with E-state index in [0.717, 1.165) is 0 Å². The number of hydrogen-bond acceptors (Lipinski definition) is 3. The number of anilines is 1. The number of nitrogens with two attached hydrogens (primary N) is 2. The minimum absolute atomic E-state index is 0.188. The number of benzene rings is 2. The summed E-state index contributed by atoms with van der Waals surface area (Å²) in [6, 6.07) is 9.39. The van der Waals surface area contributed by atoms with Gasteiger partial charge in [-0.15, -0.1) is 0 Å². The number of ether oxygens (including phenoxy) is 1. The Labute approximate surface area is 116 Å². The van der Waals surface area contributed by atoms with Gasteiger partial charge in [0.1, 0.15) is 18.2 Å². The molecule has 4 nitrogen and oxygen atoms in total. The Kier molecular flexibility index (Phi) is 3.89. The van der Waals surface area contributed by atoms with E-state index >= 15 is 0 Å². The Morgan fingerprint density at radius 2 is 2.00 bits per heavy atom. The zero-order valence-corrected chi connectivity index (χ0v) is 11.0. The van der Waals surface area contributed by atoms with Gasteiger partial charge in [0, 0.05) is 22.9 Å². The van der Waals surface area contributed by atoms with Gasteiger partial charge in [-0.05, 0) is 30.7 Å². The molecule has 0 heterocycles. The smallest absolute Gasteiger partial charge is 0.248 e. The van der Waals surface area contributed by atoms with Crippen molar-refractivity contribution in [2.45, 2.75) is 13.5 Å². The molecule has 0 radical (unpaired) electrons. The molecule has 0 aliphatic rings. The lowest BCUT2D eigenvalue weighted by molar-refractivity contribution is 0.100. The van der Waals surface area contributed by atoms with Crippen molar-refractivity contribution in [2.24, 2.45) is 5.73 Å². The van der Waals surface area contributed by atoms with Crippen molar-refractivity contribution in [3.63, 3.8) is 0 Å². The lowest BCUT2D eigenvalue weighted by atomic mass is 10.1. The van der Waals surface area contributed by atoms with E-state index in [4.69, 9.17) is 16.2 Å². The second-order valence-corrected chi connectivity index (χ2v) is 4.48. The van der Waals surface area contributed by atoms with Gasteiger partial charge in [-0.25, -0.2) is 4.39 Å². The first kappa shape index (κ1) is 13.9. The number of primary amides is 1. The van der Waals surface area contributed by atoms with Crippen LogP contribution in [0.4, 0.5) is 10.1 Å². The molecule has 0 unspecified atom stereocenters. The van der Waals surface area contributed by atoms with Crippen LogP contribution in [0.5, 0.6) is 5.75 Å². The molecule has 0 saturated carbocycles. The molecule has 0 bridgehead atoms. The molecule has 20 heavy (non-hydrogen) atoms. The van der Waals surface area contributed by atoms with Crippen molar-refractivity contribution < 1.29 is 13.9 Å². The van der Waals surface area contributed by atoms with Gasteiger partial charge in [0.2, 0.25) is 5.91 Å². The van der Waals surface area contributed by atoms with E-state index in [1.54, 1.807) is 31.2 Å². The molecule has 0 atom stereocenters. The Morgan fingerprint density at radius 3 is 2.60 bits per heavy atom. The summed E-state index contributed by atoms with van der Waals surface area (Å²) >= 11 is 0. The van der Waals surface area contributed by atoms with E-state index in [9.17, 15) is 9.18 Å². The summed E-state index contributed by atoms with van der Waals surface area (Å²) in [5, 5.41) is 0. The van der Waals surface area contributed by atoms with E-state index < -0.39 is 5.91 Å². The maximum absolute atomic E-state index is 13.4. The summed E-state index contributed by atoms with van der Waals surface area (Å²) in [4.78, 5) is 11.0. The highest BCUT2D eigenvalue weighted by molar-refractivity contribution is 5.93. The zero-order chi connectivity index (χ0) is 14.7. The van der Waals surface area contributed by atoms with E-state index in [1.165, 1.54) is 12.1 Å². The van der Waals surface area contributed by atoms with Crippen molar-refractivity contribution in [3.05, 3.63) is 58.9 Å². The van der Waals surface area contributed by atoms with Gasteiger partial charge in [-0.2, -0.15) is 0 Å². The van der Waals surface area contributed by atoms with Crippen LogP contribution in [0.3, 0.4) is 0 Å². The summed E-state index contributed by atoms with van der Waals surface area (Å²) in [5.74, 6) is -0.434.